The van der Waals surface area contributed by atoms with Crippen molar-refractivity contribution in [1.29, 1.82) is 0 Å². The van der Waals surface area contributed by atoms with Crippen LogP contribution >= 0.6 is 0 Å². The van der Waals surface area contributed by atoms with Gasteiger partial charge in [-0.3, -0.25) is 0 Å². The van der Waals surface area contributed by atoms with E-state index < -0.39 is 0 Å². The lowest BCUT2D eigenvalue weighted by Gasteiger charge is -2.28. The number of aryl methyl sites for hydroxylation is 6. The molecule has 0 radical (unpaired) electrons. The van der Waals surface area contributed by atoms with Gasteiger partial charge in [0.15, 0.2) is 0 Å². The zero-order valence-corrected chi connectivity index (χ0v) is 48.3. The van der Waals surface area contributed by atoms with E-state index in [9.17, 15) is 0 Å². The van der Waals surface area contributed by atoms with Crippen LogP contribution < -0.4 is 28.4 Å². The van der Waals surface area contributed by atoms with Gasteiger partial charge in [0.05, 0.1) is 39.6 Å². The van der Waals surface area contributed by atoms with Crippen molar-refractivity contribution in [3.05, 3.63) is 212 Å². The second-order valence-corrected chi connectivity index (χ2v) is 20.8. The minimum atomic E-state index is 0.721. The maximum absolute atomic E-state index is 6.07. The van der Waals surface area contributed by atoms with Gasteiger partial charge in [-0.1, -0.05) is 114 Å². The van der Waals surface area contributed by atoms with Crippen LogP contribution in [-0.2, 0) is 77.0 Å². The quantitative estimate of drug-likeness (QED) is 0.0390. The summed E-state index contributed by atoms with van der Waals surface area (Å²) >= 11 is 0. The molecule has 414 valence electrons. The molecule has 0 bridgehead atoms. The Hall–Kier alpha value is -6.66. The topological polar surface area (TPSA) is 55.4 Å². The van der Waals surface area contributed by atoms with E-state index in [1.54, 1.807) is 0 Å². The fourth-order valence-corrected chi connectivity index (χ4v) is 10.4. The lowest BCUT2D eigenvalue weighted by atomic mass is 9.76. The molecular weight excluding hydrogens is 961 g/mol. The first-order valence-electron chi connectivity index (χ1n) is 29.9. The molecule has 0 spiro atoms. The first-order valence-corrected chi connectivity index (χ1v) is 29.9. The summed E-state index contributed by atoms with van der Waals surface area (Å²) in [5, 5.41) is 0. The fourth-order valence-electron chi connectivity index (χ4n) is 10.4. The van der Waals surface area contributed by atoms with Gasteiger partial charge in [0, 0.05) is 0 Å². The molecule has 0 saturated carbocycles. The van der Waals surface area contributed by atoms with E-state index in [1.165, 1.54) is 66.8 Å². The molecule has 0 amide bonds. The average molecular weight is 1050 g/mol. The molecule has 0 saturated heterocycles. The molecule has 0 aromatic heterocycles. The molecule has 0 aliphatic carbocycles. The highest BCUT2D eigenvalue weighted by Gasteiger charge is 2.24. The molecule has 0 aliphatic heterocycles. The first kappa shape index (κ1) is 59.0. The van der Waals surface area contributed by atoms with Gasteiger partial charge in [-0.05, 0) is 255 Å². The Labute approximate surface area is 469 Å². The highest BCUT2D eigenvalue weighted by Crippen LogP contribution is 2.36. The minimum Gasteiger partial charge on any atom is -0.494 e. The van der Waals surface area contributed by atoms with E-state index in [-0.39, 0.29) is 0 Å². The highest BCUT2D eigenvalue weighted by molar-refractivity contribution is 5.55. The molecule has 7 aromatic carbocycles. The second-order valence-electron chi connectivity index (χ2n) is 20.8. The van der Waals surface area contributed by atoms with Crippen molar-refractivity contribution in [2.24, 2.45) is 0 Å². The van der Waals surface area contributed by atoms with E-state index in [1.807, 2.05) is 0 Å². The average Bonchev–Trinajstić information content (AvgIpc) is 3.68. The molecule has 7 rings (SSSR count). The van der Waals surface area contributed by atoms with Crippen molar-refractivity contribution >= 4 is 0 Å². The summed E-state index contributed by atoms with van der Waals surface area (Å²) in [6.45, 7) is 17.3. The Kier molecular flexibility index (Phi) is 24.9. The van der Waals surface area contributed by atoms with Crippen LogP contribution in [0.3, 0.4) is 0 Å². The van der Waals surface area contributed by atoms with Crippen LogP contribution in [0.15, 0.2) is 146 Å². The van der Waals surface area contributed by atoms with Gasteiger partial charge in [-0.2, -0.15) is 0 Å². The SMILES string of the molecule is CCCOc1ccc(CCc2c(CCc3ccc(OCCC)cc3)c(CCc3ccc(OCCC)cc3)c(CCc3ccc(OCCC)cc3)c(CCc3ccc(OCCC)cc3)c2CCc2ccc(OCCC)cc2)cc1. The number of benzene rings is 7. The smallest absolute Gasteiger partial charge is 0.119 e. The number of rotatable bonds is 36. The Morgan fingerprint density at radius 2 is 0.308 bits per heavy atom. The van der Waals surface area contributed by atoms with Gasteiger partial charge < -0.3 is 28.4 Å². The van der Waals surface area contributed by atoms with E-state index in [0.717, 1.165) is 190 Å². The maximum Gasteiger partial charge on any atom is 0.119 e. The van der Waals surface area contributed by atoms with Gasteiger partial charge in [0.25, 0.3) is 0 Å². The van der Waals surface area contributed by atoms with Crippen molar-refractivity contribution in [3.8, 4) is 34.5 Å². The van der Waals surface area contributed by atoms with Crippen LogP contribution in [0.5, 0.6) is 34.5 Å². The largest absolute Gasteiger partial charge is 0.494 e. The Morgan fingerprint density at radius 3 is 0.423 bits per heavy atom. The van der Waals surface area contributed by atoms with Gasteiger partial charge in [-0.15, -0.1) is 0 Å². The molecule has 78 heavy (non-hydrogen) atoms. The van der Waals surface area contributed by atoms with Crippen LogP contribution in [0, 0.1) is 0 Å². The Balaban J connectivity index is 1.41. The molecule has 7 aromatic rings. The normalized spacial score (nSPS) is 11.2. The van der Waals surface area contributed by atoms with E-state index in [2.05, 4.69) is 187 Å². The van der Waals surface area contributed by atoms with E-state index in [0.29, 0.717) is 0 Å². The van der Waals surface area contributed by atoms with Crippen molar-refractivity contribution in [2.45, 2.75) is 157 Å². The number of hydrogen-bond donors (Lipinski definition) is 0. The summed E-state index contributed by atoms with van der Waals surface area (Å²) in [6.07, 6.45) is 17.2. The molecular formula is C72H90O6. The lowest BCUT2D eigenvalue weighted by molar-refractivity contribution is 0.317. The van der Waals surface area contributed by atoms with Crippen molar-refractivity contribution in [2.75, 3.05) is 39.6 Å². The molecule has 0 unspecified atom stereocenters. The molecule has 0 aliphatic rings. The van der Waals surface area contributed by atoms with Crippen LogP contribution in [0.4, 0.5) is 0 Å². The third-order valence-corrected chi connectivity index (χ3v) is 14.5. The fraction of sp³-hybridized carbons (Fsp3) is 0.417. The van der Waals surface area contributed by atoms with Crippen LogP contribution in [0.2, 0.25) is 0 Å². The zero-order valence-electron chi connectivity index (χ0n) is 48.3. The molecule has 0 heterocycles. The highest BCUT2D eigenvalue weighted by atomic mass is 16.5. The molecule has 0 N–H and O–H groups in total. The van der Waals surface area contributed by atoms with Crippen LogP contribution in [0.1, 0.15) is 147 Å². The Bertz CT molecular complexity index is 2240. The lowest BCUT2D eigenvalue weighted by Crippen LogP contribution is -2.18. The zero-order chi connectivity index (χ0) is 54.6. The Morgan fingerprint density at radius 1 is 0.179 bits per heavy atom. The molecule has 6 heteroatoms. The summed E-state index contributed by atoms with van der Waals surface area (Å²) in [5.74, 6) is 5.62. The predicted molar refractivity (Wildman–Crippen MR) is 324 cm³/mol. The minimum absolute atomic E-state index is 0.721. The summed E-state index contributed by atoms with van der Waals surface area (Å²) in [6, 6.07) is 53.3. The van der Waals surface area contributed by atoms with Gasteiger partial charge in [0.1, 0.15) is 34.5 Å². The monoisotopic (exact) mass is 1050 g/mol. The van der Waals surface area contributed by atoms with Crippen LogP contribution in [0.25, 0.3) is 0 Å². The predicted octanol–water partition coefficient (Wildman–Crippen LogP) is 17.1. The van der Waals surface area contributed by atoms with Crippen molar-refractivity contribution in [1.82, 2.24) is 0 Å². The van der Waals surface area contributed by atoms with E-state index >= 15 is 0 Å². The van der Waals surface area contributed by atoms with Crippen molar-refractivity contribution in [3.63, 3.8) is 0 Å². The summed E-state index contributed by atoms with van der Waals surface area (Å²) < 4.78 is 36.4. The van der Waals surface area contributed by atoms with Gasteiger partial charge in [0.2, 0.25) is 0 Å². The van der Waals surface area contributed by atoms with Crippen molar-refractivity contribution < 1.29 is 28.4 Å². The molecule has 6 nitrogen and oxygen atoms in total. The second kappa shape index (κ2) is 32.9. The van der Waals surface area contributed by atoms with Gasteiger partial charge >= 0.3 is 0 Å². The standard InChI is InChI=1S/C72H90O6/c1-7-49-73-61-31-13-55(14-32-61)25-43-67-68(44-26-56-15-33-62(34-16-56)74-50-8-2)70(46-28-58-19-37-64(38-20-58)76-52-10-4)72(48-30-60-23-41-66(42-24-60)78-54-12-6)71(47-29-59-21-39-65(40-22-59)77-53-11-5)69(67)45-27-57-17-35-63(36-18-57)75-51-9-3/h13-24,31-42H,7-12,25-30,43-54H2,1-6H3. The first-order chi connectivity index (χ1) is 38.4. The summed E-state index contributed by atoms with van der Waals surface area (Å²) in [7, 11) is 0. The summed E-state index contributed by atoms with van der Waals surface area (Å²) in [5.41, 5.74) is 17.2. The van der Waals surface area contributed by atoms with Crippen LogP contribution in [-0.4, -0.2) is 39.6 Å². The number of ether oxygens (including phenoxy) is 6. The maximum atomic E-state index is 6.07. The third kappa shape index (κ3) is 18.8. The molecule has 0 fully saturated rings. The van der Waals surface area contributed by atoms with E-state index in [4.69, 9.17) is 28.4 Å². The van der Waals surface area contributed by atoms with Gasteiger partial charge in [-0.25, -0.2) is 0 Å². The molecule has 0 atom stereocenters. The number of hydrogen-bond acceptors (Lipinski definition) is 6. The third-order valence-electron chi connectivity index (χ3n) is 14.5. The summed E-state index contributed by atoms with van der Waals surface area (Å²) in [4.78, 5) is 0.